The van der Waals surface area contributed by atoms with Crippen LogP contribution >= 0.6 is 47.8 Å². The molecule has 1 aromatic carbocycles. The lowest BCUT2D eigenvalue weighted by Crippen LogP contribution is -2.17. The molecule has 0 aliphatic heterocycles. The van der Waals surface area contributed by atoms with Gasteiger partial charge in [0, 0.05) is 0 Å². The smallest absolute Gasteiger partial charge is 0.300 e. The number of benzene rings is 1. The van der Waals surface area contributed by atoms with Gasteiger partial charge in [-0.3, -0.25) is 4.55 Å². The number of alkyl halides is 3. The maximum absolute atomic E-state index is 12.0. The summed E-state index contributed by atoms with van der Waals surface area (Å²) in [5.41, 5.74) is 0. The molecule has 1 N–H and O–H groups in total. The minimum atomic E-state index is -4.25. The van der Waals surface area contributed by atoms with Crippen molar-refractivity contribution in [3.8, 4) is 5.75 Å². The Labute approximate surface area is 135 Å². The first-order chi connectivity index (χ1) is 8.43. The van der Waals surface area contributed by atoms with Gasteiger partial charge < -0.3 is 4.74 Å². The van der Waals surface area contributed by atoms with Crippen LogP contribution in [0.5, 0.6) is 5.75 Å². The van der Waals surface area contributed by atoms with E-state index in [4.69, 9.17) is 9.29 Å². The maximum atomic E-state index is 12.0. The maximum Gasteiger partial charge on any atom is 0.300 e. The number of sulfone groups is 1. The molecule has 0 atom stereocenters. The summed E-state index contributed by atoms with van der Waals surface area (Å²) in [7, 11) is -7.96. The Bertz CT molecular complexity index is 645. The Morgan fingerprint density at radius 1 is 1.05 bits per heavy atom. The zero-order valence-corrected chi connectivity index (χ0v) is 15.3. The van der Waals surface area contributed by atoms with E-state index in [1.165, 1.54) is 24.3 Å². The lowest BCUT2D eigenvalue weighted by Gasteiger charge is -2.13. The van der Waals surface area contributed by atoms with Crippen LogP contribution in [0.15, 0.2) is 29.2 Å². The zero-order valence-electron chi connectivity index (χ0n) is 8.96. The highest BCUT2D eigenvalue weighted by molar-refractivity contribution is 9.42. The molecule has 0 radical (unpaired) electrons. The van der Waals surface area contributed by atoms with Crippen molar-refractivity contribution >= 4 is 67.7 Å². The second kappa shape index (κ2) is 5.98. The van der Waals surface area contributed by atoms with Gasteiger partial charge in [-0.25, -0.2) is 8.42 Å². The first kappa shape index (κ1) is 17.4. The van der Waals surface area contributed by atoms with Gasteiger partial charge in [-0.1, -0.05) is 0 Å². The van der Waals surface area contributed by atoms with Gasteiger partial charge in [-0.2, -0.15) is 8.42 Å². The predicted molar refractivity (Wildman–Crippen MR) is 80.2 cm³/mol. The number of hydrogen-bond acceptors (Lipinski definition) is 5. The van der Waals surface area contributed by atoms with Gasteiger partial charge in [0.2, 0.25) is 17.3 Å². The Hall–Kier alpha value is 0.320. The second-order valence-electron chi connectivity index (χ2n) is 3.26. The fourth-order valence-electron chi connectivity index (χ4n) is 0.991. The van der Waals surface area contributed by atoms with Gasteiger partial charge in [0.25, 0.3) is 0 Å². The Kier molecular flexibility index (Phi) is 5.47. The largest absolute Gasteiger partial charge is 0.475 e. The van der Waals surface area contributed by atoms with Crippen molar-refractivity contribution in [1.29, 1.82) is 0 Å². The predicted octanol–water partition coefficient (Wildman–Crippen LogP) is 2.48. The van der Waals surface area contributed by atoms with Crippen molar-refractivity contribution in [3.05, 3.63) is 24.3 Å². The summed E-state index contributed by atoms with van der Waals surface area (Å²) < 4.78 is 56.7. The monoisotopic (exact) mass is 500 g/mol. The van der Waals surface area contributed by atoms with E-state index in [0.29, 0.717) is 0 Å². The minimum Gasteiger partial charge on any atom is -0.475 e. The van der Waals surface area contributed by atoms with Crippen molar-refractivity contribution in [2.75, 3.05) is 5.94 Å². The third kappa shape index (κ3) is 4.97. The molecule has 0 saturated carbocycles. The quantitative estimate of drug-likeness (QED) is 0.502. The molecule has 1 rings (SSSR count). The van der Waals surface area contributed by atoms with E-state index in [2.05, 4.69) is 47.8 Å². The topological polar surface area (TPSA) is 97.7 Å². The summed E-state index contributed by atoms with van der Waals surface area (Å²) >= 11 is 8.74. The van der Waals surface area contributed by atoms with Gasteiger partial charge in [-0.15, -0.1) is 0 Å². The van der Waals surface area contributed by atoms with E-state index in [1.54, 1.807) is 0 Å². The molecule has 11 heteroatoms. The molecule has 1 aromatic rings. The van der Waals surface area contributed by atoms with Crippen LogP contribution in [0.25, 0.3) is 0 Å². The first-order valence-corrected chi connectivity index (χ1v) is 9.90. The lowest BCUT2D eigenvalue weighted by molar-refractivity contribution is 0.352. The summed E-state index contributed by atoms with van der Waals surface area (Å²) in [6, 6.07) is 5.04. The molecule has 108 valence electrons. The van der Waals surface area contributed by atoms with Gasteiger partial charge >= 0.3 is 10.1 Å². The van der Waals surface area contributed by atoms with E-state index >= 15 is 0 Å². The average molecular weight is 503 g/mol. The van der Waals surface area contributed by atoms with Crippen LogP contribution in [-0.2, 0) is 20.0 Å². The zero-order chi connectivity index (χ0) is 14.9. The summed E-state index contributed by atoms with van der Waals surface area (Å²) in [5, 5.41) is 0. The summed E-state index contributed by atoms with van der Waals surface area (Å²) in [6.45, 7) is 0. The summed E-state index contributed by atoms with van der Waals surface area (Å²) in [5.74, 6) is -0.792. The highest BCUT2D eigenvalue weighted by Gasteiger charge is 2.37. The van der Waals surface area contributed by atoms with E-state index < -0.39 is 27.4 Å². The van der Waals surface area contributed by atoms with Gasteiger partial charge in [0.05, 0.1) is 4.90 Å². The van der Waals surface area contributed by atoms with Gasteiger partial charge in [0.15, 0.2) is 0 Å². The fourth-order valence-corrected chi connectivity index (χ4v) is 3.72. The molecule has 0 heterocycles. The van der Waals surface area contributed by atoms with Crippen molar-refractivity contribution in [2.45, 2.75) is 6.37 Å². The summed E-state index contributed by atoms with van der Waals surface area (Å²) in [6.07, 6.45) is 0. The van der Waals surface area contributed by atoms with E-state index in [0.717, 1.165) is 0 Å². The van der Waals surface area contributed by atoms with Crippen molar-refractivity contribution in [2.24, 2.45) is 0 Å². The van der Waals surface area contributed by atoms with E-state index in [1.807, 2.05) is 0 Å². The lowest BCUT2D eigenvalue weighted by atomic mass is 10.3. The Morgan fingerprint density at radius 3 is 1.89 bits per heavy atom. The van der Waals surface area contributed by atoms with Crippen LogP contribution in [0, 0.1) is 0 Å². The highest BCUT2D eigenvalue weighted by atomic mass is 80.0. The molecule has 0 aromatic heterocycles. The van der Waals surface area contributed by atoms with E-state index in [9.17, 15) is 16.8 Å². The highest BCUT2D eigenvalue weighted by Crippen LogP contribution is 2.43. The molecule has 19 heavy (non-hydrogen) atoms. The first-order valence-electron chi connectivity index (χ1n) is 4.43. The molecular weight excluding hydrogens is 496 g/mol. The number of halogens is 3. The number of hydrogen-bond donors (Lipinski definition) is 1. The molecule has 0 unspecified atom stereocenters. The molecule has 0 bridgehead atoms. The van der Waals surface area contributed by atoms with Crippen LogP contribution in [0.4, 0.5) is 0 Å². The van der Waals surface area contributed by atoms with E-state index in [-0.39, 0.29) is 10.6 Å². The van der Waals surface area contributed by atoms with Gasteiger partial charge in [0.1, 0.15) is 5.75 Å². The van der Waals surface area contributed by atoms with Crippen LogP contribution in [-0.4, -0.2) is 28.8 Å². The fraction of sp³-hybridized carbons (Fsp3) is 0.250. The number of rotatable bonds is 4. The van der Waals surface area contributed by atoms with Crippen LogP contribution in [0.3, 0.4) is 0 Å². The average Bonchev–Trinajstić information content (AvgIpc) is 2.24. The third-order valence-corrected chi connectivity index (χ3v) is 7.57. The summed E-state index contributed by atoms with van der Waals surface area (Å²) in [4.78, 5) is -0.0164. The van der Waals surface area contributed by atoms with Crippen LogP contribution in [0.2, 0.25) is 0 Å². The molecule has 0 aliphatic carbocycles. The molecule has 0 amide bonds. The molecule has 0 saturated heterocycles. The Balaban J connectivity index is 2.95. The standard InChI is InChI=1S/C8H7Br3O6S2/c9-8(10,11)19(15,16)7-3-1-6(2-4-7)17-5-18(12,13)14/h1-4H,5H2,(H,12,13,14). The normalized spacial score (nSPS) is 13.3. The SMILES string of the molecule is O=S(=O)(O)COc1ccc(S(=O)(=O)C(Br)(Br)Br)cc1. The number of ether oxygens (including phenoxy) is 1. The molecule has 0 spiro atoms. The van der Waals surface area contributed by atoms with Crippen molar-refractivity contribution in [3.63, 3.8) is 0 Å². The minimum absolute atomic E-state index is 0.0164. The molecular formula is C8H7Br3O6S2. The molecule has 6 nitrogen and oxygen atoms in total. The molecule has 0 aliphatic rings. The van der Waals surface area contributed by atoms with Crippen LogP contribution < -0.4 is 4.74 Å². The Morgan fingerprint density at radius 2 is 1.53 bits per heavy atom. The van der Waals surface area contributed by atoms with Crippen LogP contribution in [0.1, 0.15) is 0 Å². The van der Waals surface area contributed by atoms with Gasteiger partial charge in [-0.05, 0) is 72.1 Å². The van der Waals surface area contributed by atoms with Crippen molar-refractivity contribution in [1.82, 2.24) is 0 Å². The third-order valence-electron chi connectivity index (χ3n) is 1.81. The second-order valence-corrected chi connectivity index (χ2v) is 15.1. The van der Waals surface area contributed by atoms with Crippen molar-refractivity contribution < 1.29 is 26.1 Å². The molecule has 0 fully saturated rings.